The van der Waals surface area contributed by atoms with Gasteiger partial charge in [0.15, 0.2) is 5.78 Å². The van der Waals surface area contributed by atoms with E-state index < -0.39 is 5.92 Å². The lowest BCUT2D eigenvalue weighted by Crippen LogP contribution is -2.37. The Balaban J connectivity index is 1.32. The smallest absolute Gasteiger partial charge is 0.230 e. The highest BCUT2D eigenvalue weighted by Crippen LogP contribution is 2.17. The zero-order valence-corrected chi connectivity index (χ0v) is 24.1. The van der Waals surface area contributed by atoms with Crippen molar-refractivity contribution >= 4 is 11.7 Å². The second-order valence-corrected chi connectivity index (χ2v) is 10.1. The molecule has 2 aromatic heterocycles. The van der Waals surface area contributed by atoms with Crippen LogP contribution in [0.25, 0.3) is 0 Å². The molecule has 1 amide bonds. The van der Waals surface area contributed by atoms with Crippen LogP contribution in [-0.4, -0.2) is 41.9 Å². The standard InChI is InChI=1S/C34H39N5O3/c1-42-31-16-12-26(13-17-31)18-22-39-34(41)32(9-6-19-35-24-29-7-2-4-20-37-29)33(40)28-14-10-27(11-15-28)23-36-25-30-8-3-5-21-38-30/h2-5,7-8,10-17,20-21,32,35-36H,6,9,18-19,22-25H2,1H3,(H,39,41)/t32-/m0/s1. The third-order valence-electron chi connectivity index (χ3n) is 6.98. The third kappa shape index (κ3) is 9.90. The predicted molar refractivity (Wildman–Crippen MR) is 164 cm³/mol. The lowest BCUT2D eigenvalue weighted by molar-refractivity contribution is -0.123. The van der Waals surface area contributed by atoms with Crippen LogP contribution >= 0.6 is 0 Å². The van der Waals surface area contributed by atoms with E-state index in [4.69, 9.17) is 4.74 Å². The minimum Gasteiger partial charge on any atom is -0.497 e. The average molecular weight is 566 g/mol. The molecule has 2 aromatic carbocycles. The summed E-state index contributed by atoms with van der Waals surface area (Å²) < 4.78 is 5.21. The summed E-state index contributed by atoms with van der Waals surface area (Å²) >= 11 is 0. The number of Topliss-reactive ketones (excluding diaryl/α,β-unsaturated/α-hetero) is 1. The molecule has 0 unspecified atom stereocenters. The Morgan fingerprint density at radius 3 is 2.00 bits per heavy atom. The maximum atomic E-state index is 13.6. The summed E-state index contributed by atoms with van der Waals surface area (Å²) in [6.07, 6.45) is 5.35. The van der Waals surface area contributed by atoms with Gasteiger partial charge in [-0.2, -0.15) is 0 Å². The highest BCUT2D eigenvalue weighted by Gasteiger charge is 2.27. The van der Waals surface area contributed by atoms with Crippen molar-refractivity contribution in [3.63, 3.8) is 0 Å². The first-order chi connectivity index (χ1) is 20.6. The Bertz CT molecular complexity index is 1360. The number of ether oxygens (including phenoxy) is 1. The molecule has 4 rings (SSSR count). The maximum absolute atomic E-state index is 13.6. The molecule has 2 heterocycles. The van der Waals surface area contributed by atoms with Crippen LogP contribution in [0.4, 0.5) is 0 Å². The van der Waals surface area contributed by atoms with Crippen molar-refractivity contribution < 1.29 is 14.3 Å². The number of hydrogen-bond acceptors (Lipinski definition) is 7. The SMILES string of the molecule is COc1ccc(CCNC(=O)[C@@H](CCCNCc2ccccn2)C(=O)c2ccc(CNCc3ccccn3)cc2)cc1. The second kappa shape index (κ2) is 16.8. The molecule has 8 nitrogen and oxygen atoms in total. The van der Waals surface area contributed by atoms with Gasteiger partial charge >= 0.3 is 0 Å². The van der Waals surface area contributed by atoms with Gasteiger partial charge in [0.25, 0.3) is 0 Å². The number of carbonyl (C=O) groups is 2. The highest BCUT2D eigenvalue weighted by molar-refractivity contribution is 6.10. The van der Waals surface area contributed by atoms with Gasteiger partial charge in [-0.25, -0.2) is 0 Å². The summed E-state index contributed by atoms with van der Waals surface area (Å²) in [4.78, 5) is 35.5. The first-order valence-corrected chi connectivity index (χ1v) is 14.4. The molecule has 8 heteroatoms. The lowest BCUT2D eigenvalue weighted by Gasteiger charge is -2.17. The average Bonchev–Trinajstić information content (AvgIpc) is 3.04. The first kappa shape index (κ1) is 30.6. The van der Waals surface area contributed by atoms with Crippen LogP contribution in [0, 0.1) is 5.92 Å². The first-order valence-electron chi connectivity index (χ1n) is 14.4. The Labute approximate surface area is 248 Å². The zero-order chi connectivity index (χ0) is 29.4. The van der Waals surface area contributed by atoms with Gasteiger partial charge in [-0.3, -0.25) is 19.6 Å². The molecule has 0 saturated heterocycles. The number of rotatable bonds is 17. The number of carbonyl (C=O) groups excluding carboxylic acids is 2. The van der Waals surface area contributed by atoms with Crippen molar-refractivity contribution in [3.8, 4) is 5.75 Å². The number of methoxy groups -OCH3 is 1. The number of nitrogens with zero attached hydrogens (tertiary/aromatic N) is 2. The van der Waals surface area contributed by atoms with Gasteiger partial charge < -0.3 is 20.7 Å². The van der Waals surface area contributed by atoms with Gasteiger partial charge in [-0.15, -0.1) is 0 Å². The van der Waals surface area contributed by atoms with Crippen LogP contribution in [0.15, 0.2) is 97.3 Å². The van der Waals surface area contributed by atoms with Crippen LogP contribution < -0.4 is 20.7 Å². The van der Waals surface area contributed by atoms with Gasteiger partial charge in [0, 0.05) is 44.1 Å². The van der Waals surface area contributed by atoms with E-state index in [2.05, 4.69) is 25.9 Å². The molecule has 0 saturated carbocycles. The molecule has 4 aromatic rings. The summed E-state index contributed by atoms with van der Waals surface area (Å²) in [6, 6.07) is 26.9. The fourth-order valence-corrected chi connectivity index (χ4v) is 4.60. The summed E-state index contributed by atoms with van der Waals surface area (Å²) in [5, 5.41) is 9.73. The van der Waals surface area contributed by atoms with Gasteiger partial charge in [0.2, 0.25) is 5.91 Å². The predicted octanol–water partition coefficient (Wildman–Crippen LogP) is 4.50. The van der Waals surface area contributed by atoms with E-state index >= 15 is 0 Å². The van der Waals surface area contributed by atoms with Crippen molar-refractivity contribution in [3.05, 3.63) is 125 Å². The molecule has 0 aliphatic rings. The minimum atomic E-state index is -0.759. The Hall–Kier alpha value is -4.40. The van der Waals surface area contributed by atoms with Crippen LogP contribution in [0.2, 0.25) is 0 Å². The van der Waals surface area contributed by atoms with E-state index in [1.54, 1.807) is 19.5 Å². The number of nitrogens with one attached hydrogen (secondary N) is 3. The quantitative estimate of drug-likeness (QED) is 0.0984. The molecule has 0 bridgehead atoms. The summed E-state index contributed by atoms with van der Waals surface area (Å²) in [5.41, 5.74) is 4.61. The summed E-state index contributed by atoms with van der Waals surface area (Å²) in [6.45, 7) is 3.09. The van der Waals surface area contributed by atoms with Crippen LogP contribution in [0.1, 0.15) is 45.7 Å². The molecule has 0 aliphatic carbocycles. The molecule has 0 radical (unpaired) electrons. The minimum absolute atomic E-state index is 0.158. The van der Waals surface area contributed by atoms with E-state index in [1.807, 2.05) is 84.9 Å². The normalized spacial score (nSPS) is 11.5. The van der Waals surface area contributed by atoms with E-state index in [0.717, 1.165) is 28.3 Å². The van der Waals surface area contributed by atoms with Crippen molar-refractivity contribution in [1.82, 2.24) is 25.9 Å². The Morgan fingerprint density at radius 2 is 1.38 bits per heavy atom. The van der Waals surface area contributed by atoms with Crippen molar-refractivity contribution in [1.29, 1.82) is 0 Å². The Morgan fingerprint density at radius 1 is 0.738 bits per heavy atom. The highest BCUT2D eigenvalue weighted by atomic mass is 16.5. The molecule has 0 fully saturated rings. The topological polar surface area (TPSA) is 105 Å². The maximum Gasteiger partial charge on any atom is 0.230 e. The van der Waals surface area contributed by atoms with Crippen LogP contribution in [0.3, 0.4) is 0 Å². The van der Waals surface area contributed by atoms with Gasteiger partial charge in [0.1, 0.15) is 11.7 Å². The van der Waals surface area contributed by atoms with Gasteiger partial charge in [-0.05, 0) is 73.3 Å². The number of hydrogen-bond donors (Lipinski definition) is 3. The summed E-state index contributed by atoms with van der Waals surface area (Å²) in [5.74, 6) is -0.361. The number of ketones is 1. The van der Waals surface area contributed by atoms with E-state index in [-0.39, 0.29) is 11.7 Å². The van der Waals surface area contributed by atoms with Crippen molar-refractivity contribution in [2.75, 3.05) is 20.2 Å². The molecular formula is C34H39N5O3. The Kier molecular flexibility index (Phi) is 12.2. The number of amides is 1. The van der Waals surface area contributed by atoms with E-state index in [9.17, 15) is 9.59 Å². The number of pyridine rings is 2. The van der Waals surface area contributed by atoms with Gasteiger partial charge in [-0.1, -0.05) is 48.5 Å². The zero-order valence-electron chi connectivity index (χ0n) is 24.1. The molecule has 0 aliphatic heterocycles. The molecular weight excluding hydrogens is 526 g/mol. The molecule has 0 spiro atoms. The second-order valence-electron chi connectivity index (χ2n) is 10.1. The molecule has 218 valence electrons. The van der Waals surface area contributed by atoms with E-state index in [0.29, 0.717) is 57.5 Å². The third-order valence-corrected chi connectivity index (χ3v) is 6.98. The number of aromatic nitrogens is 2. The number of benzene rings is 2. The molecule has 3 N–H and O–H groups in total. The molecule has 42 heavy (non-hydrogen) atoms. The van der Waals surface area contributed by atoms with Crippen molar-refractivity contribution in [2.24, 2.45) is 5.92 Å². The fourth-order valence-electron chi connectivity index (χ4n) is 4.60. The molecule has 1 atom stereocenters. The van der Waals surface area contributed by atoms with Gasteiger partial charge in [0.05, 0.1) is 18.5 Å². The fraction of sp³-hybridized carbons (Fsp3) is 0.294. The van der Waals surface area contributed by atoms with E-state index in [1.165, 1.54) is 0 Å². The van der Waals surface area contributed by atoms with Crippen molar-refractivity contribution in [2.45, 2.75) is 38.9 Å². The van der Waals surface area contributed by atoms with Crippen LogP contribution in [-0.2, 0) is 30.8 Å². The monoisotopic (exact) mass is 565 g/mol. The van der Waals surface area contributed by atoms with Crippen LogP contribution in [0.5, 0.6) is 5.75 Å². The largest absolute Gasteiger partial charge is 0.497 e. The summed E-state index contributed by atoms with van der Waals surface area (Å²) in [7, 11) is 1.63. The lowest BCUT2D eigenvalue weighted by atomic mass is 9.91.